The maximum Gasteiger partial charge on any atom is 0.0943 e. The van der Waals surface area contributed by atoms with Crippen molar-refractivity contribution >= 4 is 0 Å². The number of aliphatic hydroxyl groups is 1. The fourth-order valence-corrected chi connectivity index (χ4v) is 1.74. The maximum atomic E-state index is 10.0. The number of aryl methyl sites for hydroxylation is 2. The lowest BCUT2D eigenvalue weighted by Gasteiger charge is -2.20. The molecule has 0 amide bonds. The first-order valence-corrected chi connectivity index (χ1v) is 5.27. The summed E-state index contributed by atoms with van der Waals surface area (Å²) in [6, 6.07) is 5.69. The summed E-state index contributed by atoms with van der Waals surface area (Å²) in [5, 5.41) is 10.0. The third-order valence-corrected chi connectivity index (χ3v) is 2.65. The van der Waals surface area contributed by atoms with Gasteiger partial charge in [0.25, 0.3) is 0 Å². The Bertz CT molecular complexity index is 325. The van der Waals surface area contributed by atoms with Gasteiger partial charge in [-0.05, 0) is 37.9 Å². The molecule has 1 rings (SSSR count). The zero-order valence-corrected chi connectivity index (χ0v) is 9.40. The predicted molar refractivity (Wildman–Crippen MR) is 62.5 cm³/mol. The van der Waals surface area contributed by atoms with Crippen LogP contribution in [0.4, 0.5) is 0 Å². The molecule has 0 aliphatic carbocycles. The van der Waals surface area contributed by atoms with Gasteiger partial charge in [-0.2, -0.15) is 0 Å². The van der Waals surface area contributed by atoms with Gasteiger partial charge in [0.15, 0.2) is 0 Å². The van der Waals surface area contributed by atoms with Gasteiger partial charge in [0, 0.05) is 6.04 Å². The summed E-state index contributed by atoms with van der Waals surface area (Å²) >= 11 is 0. The van der Waals surface area contributed by atoms with Gasteiger partial charge in [-0.3, -0.25) is 0 Å². The molecular weight excluding hydrogens is 188 g/mol. The first-order valence-electron chi connectivity index (χ1n) is 5.27. The first kappa shape index (κ1) is 12.2. The van der Waals surface area contributed by atoms with E-state index in [1.807, 2.05) is 32.0 Å². The van der Waals surface area contributed by atoms with E-state index in [-0.39, 0.29) is 6.04 Å². The average Bonchev–Trinajstić information content (AvgIpc) is 2.17. The number of hydrogen-bond acceptors (Lipinski definition) is 3. The maximum absolute atomic E-state index is 10.0. The minimum atomic E-state index is -0.617. The quantitative estimate of drug-likeness (QED) is 0.691. The Morgan fingerprint density at radius 3 is 2.53 bits per heavy atom. The summed E-state index contributed by atoms with van der Waals surface area (Å²) in [7, 11) is 0. The third-order valence-electron chi connectivity index (χ3n) is 2.65. The topological polar surface area (TPSA) is 72.3 Å². The van der Waals surface area contributed by atoms with E-state index in [0.29, 0.717) is 13.0 Å². The van der Waals surface area contributed by atoms with Crippen molar-refractivity contribution < 1.29 is 5.11 Å². The molecule has 0 aliphatic rings. The molecular formula is C12H20N2O. The summed E-state index contributed by atoms with van der Waals surface area (Å²) in [5.41, 5.74) is 14.4. The Balaban J connectivity index is 2.86. The molecule has 0 radical (unpaired) electrons. The van der Waals surface area contributed by atoms with Crippen molar-refractivity contribution in [1.29, 1.82) is 0 Å². The van der Waals surface area contributed by atoms with Gasteiger partial charge in [-0.1, -0.05) is 23.8 Å². The summed E-state index contributed by atoms with van der Waals surface area (Å²) in [6.45, 7) is 4.52. The second-order valence-electron chi connectivity index (χ2n) is 4.05. The minimum absolute atomic E-state index is 0.281. The third kappa shape index (κ3) is 3.02. The molecule has 2 unspecified atom stereocenters. The highest BCUT2D eigenvalue weighted by atomic mass is 16.3. The lowest BCUT2D eigenvalue weighted by Crippen LogP contribution is -2.31. The first-order chi connectivity index (χ1) is 7.06. The second kappa shape index (κ2) is 5.26. The van der Waals surface area contributed by atoms with E-state index in [1.165, 1.54) is 5.56 Å². The molecule has 3 heteroatoms. The number of benzene rings is 1. The van der Waals surface area contributed by atoms with Gasteiger partial charge in [0.1, 0.15) is 0 Å². The zero-order chi connectivity index (χ0) is 11.4. The molecule has 5 N–H and O–H groups in total. The van der Waals surface area contributed by atoms with Gasteiger partial charge >= 0.3 is 0 Å². The second-order valence-corrected chi connectivity index (χ2v) is 4.05. The van der Waals surface area contributed by atoms with Crippen LogP contribution in [0, 0.1) is 13.8 Å². The Morgan fingerprint density at radius 2 is 2.00 bits per heavy atom. The largest absolute Gasteiger partial charge is 0.387 e. The van der Waals surface area contributed by atoms with E-state index in [0.717, 1.165) is 11.1 Å². The lowest BCUT2D eigenvalue weighted by molar-refractivity contribution is 0.142. The smallest absolute Gasteiger partial charge is 0.0943 e. The van der Waals surface area contributed by atoms with Crippen LogP contribution in [0.3, 0.4) is 0 Å². The van der Waals surface area contributed by atoms with Crippen LogP contribution < -0.4 is 11.5 Å². The fourth-order valence-electron chi connectivity index (χ4n) is 1.74. The van der Waals surface area contributed by atoms with Crippen molar-refractivity contribution in [3.8, 4) is 0 Å². The van der Waals surface area contributed by atoms with E-state index < -0.39 is 6.10 Å². The van der Waals surface area contributed by atoms with Crippen molar-refractivity contribution in [3.63, 3.8) is 0 Å². The molecule has 0 aliphatic heterocycles. The van der Waals surface area contributed by atoms with E-state index in [1.54, 1.807) is 0 Å². The van der Waals surface area contributed by atoms with Gasteiger partial charge < -0.3 is 16.6 Å². The standard InChI is InChI=1S/C12H20N2O/c1-8-3-4-10(9(2)7-8)12(15)11(14)5-6-13/h3-4,7,11-12,15H,5-6,13-14H2,1-2H3. The molecule has 1 aromatic carbocycles. The molecule has 0 heterocycles. The molecule has 0 fully saturated rings. The summed E-state index contributed by atoms with van der Waals surface area (Å²) in [4.78, 5) is 0. The molecule has 84 valence electrons. The molecule has 3 nitrogen and oxygen atoms in total. The Morgan fingerprint density at radius 1 is 1.33 bits per heavy atom. The van der Waals surface area contributed by atoms with E-state index in [2.05, 4.69) is 0 Å². The van der Waals surface area contributed by atoms with Gasteiger partial charge in [-0.15, -0.1) is 0 Å². The van der Waals surface area contributed by atoms with Crippen molar-refractivity contribution in [2.45, 2.75) is 32.4 Å². The van der Waals surface area contributed by atoms with Crippen molar-refractivity contribution in [3.05, 3.63) is 34.9 Å². The molecule has 1 aromatic rings. The molecule has 15 heavy (non-hydrogen) atoms. The number of rotatable bonds is 4. The molecule has 0 saturated heterocycles. The molecule has 0 bridgehead atoms. The molecule has 0 aromatic heterocycles. The Hall–Kier alpha value is -0.900. The monoisotopic (exact) mass is 208 g/mol. The van der Waals surface area contributed by atoms with Crippen molar-refractivity contribution in [1.82, 2.24) is 0 Å². The van der Waals surface area contributed by atoms with Gasteiger partial charge in [0.05, 0.1) is 6.10 Å². The number of hydrogen-bond donors (Lipinski definition) is 3. The molecule has 2 atom stereocenters. The predicted octanol–water partition coefficient (Wildman–Crippen LogP) is 1.01. The minimum Gasteiger partial charge on any atom is -0.387 e. The van der Waals surface area contributed by atoms with Crippen molar-refractivity contribution in [2.75, 3.05) is 6.54 Å². The SMILES string of the molecule is Cc1ccc(C(O)C(N)CCN)c(C)c1. The highest BCUT2D eigenvalue weighted by Gasteiger charge is 2.17. The van der Waals surface area contributed by atoms with Gasteiger partial charge in [-0.25, -0.2) is 0 Å². The van der Waals surface area contributed by atoms with Crippen LogP contribution >= 0.6 is 0 Å². The average molecular weight is 208 g/mol. The van der Waals surface area contributed by atoms with E-state index >= 15 is 0 Å². The fraction of sp³-hybridized carbons (Fsp3) is 0.500. The Kier molecular flexibility index (Phi) is 4.27. The summed E-state index contributed by atoms with van der Waals surface area (Å²) in [5.74, 6) is 0. The van der Waals surface area contributed by atoms with Crippen LogP contribution in [0.25, 0.3) is 0 Å². The number of aliphatic hydroxyl groups excluding tert-OH is 1. The van der Waals surface area contributed by atoms with Crippen LogP contribution in [-0.4, -0.2) is 17.7 Å². The van der Waals surface area contributed by atoms with Crippen LogP contribution in [-0.2, 0) is 0 Å². The Labute approximate surface area is 91.1 Å². The lowest BCUT2D eigenvalue weighted by atomic mass is 9.95. The van der Waals surface area contributed by atoms with E-state index in [4.69, 9.17) is 11.5 Å². The van der Waals surface area contributed by atoms with Crippen LogP contribution in [0.2, 0.25) is 0 Å². The van der Waals surface area contributed by atoms with E-state index in [9.17, 15) is 5.11 Å². The van der Waals surface area contributed by atoms with Crippen LogP contribution in [0.1, 0.15) is 29.2 Å². The summed E-state index contributed by atoms with van der Waals surface area (Å²) < 4.78 is 0. The number of nitrogens with two attached hydrogens (primary N) is 2. The van der Waals surface area contributed by atoms with Gasteiger partial charge in [0.2, 0.25) is 0 Å². The normalized spacial score (nSPS) is 15.0. The van der Waals surface area contributed by atoms with Crippen LogP contribution in [0.15, 0.2) is 18.2 Å². The zero-order valence-electron chi connectivity index (χ0n) is 9.40. The van der Waals surface area contributed by atoms with Crippen molar-refractivity contribution in [2.24, 2.45) is 11.5 Å². The summed E-state index contributed by atoms with van der Waals surface area (Å²) in [6.07, 6.45) is 0.0169. The molecule has 0 spiro atoms. The highest BCUT2D eigenvalue weighted by molar-refractivity contribution is 5.32. The molecule has 0 saturated carbocycles. The highest BCUT2D eigenvalue weighted by Crippen LogP contribution is 2.21. The van der Waals surface area contributed by atoms with Crippen LogP contribution in [0.5, 0.6) is 0 Å².